The van der Waals surface area contributed by atoms with Crippen molar-refractivity contribution in [1.82, 2.24) is 0 Å². The van der Waals surface area contributed by atoms with Gasteiger partial charge in [-0.3, -0.25) is 0 Å². The van der Waals surface area contributed by atoms with E-state index in [0.29, 0.717) is 0 Å². The minimum atomic E-state index is 0.171. The van der Waals surface area contributed by atoms with Crippen molar-refractivity contribution in [2.45, 2.75) is 32.8 Å². The Balaban J connectivity index is 1.93. The van der Waals surface area contributed by atoms with Gasteiger partial charge in [0.15, 0.2) is 0 Å². The molecule has 106 valence electrons. The number of benzene rings is 1. The molecule has 0 aliphatic carbocycles. The average Bonchev–Trinajstić information content (AvgIpc) is 2.36. The average molecular weight is 280 g/mol. The molecule has 3 N–H and O–H groups in total. The zero-order chi connectivity index (χ0) is 13.7. The lowest BCUT2D eigenvalue weighted by Crippen LogP contribution is -2.19. The second kappa shape index (κ2) is 6.94. The Labute approximate surface area is 120 Å². The minimum absolute atomic E-state index is 0.171. The van der Waals surface area contributed by atoms with Crippen LogP contribution in [0.3, 0.4) is 0 Å². The molecule has 1 aliphatic rings. The lowest BCUT2D eigenvalue weighted by Gasteiger charge is -2.22. The normalized spacial score (nSPS) is 16.6. The number of nitrogen functional groups attached to an aromatic ring is 1. The molecular weight excluding hydrogens is 256 g/mol. The van der Waals surface area contributed by atoms with Crippen LogP contribution in [0.5, 0.6) is 5.75 Å². The molecule has 1 fully saturated rings. The maximum absolute atomic E-state index is 5.92. The smallest absolute Gasteiger partial charge is 0.123 e. The van der Waals surface area contributed by atoms with E-state index in [1.807, 2.05) is 32.0 Å². The Kier molecular flexibility index (Phi) is 5.25. The molecule has 3 nitrogen and oxygen atoms in total. The largest absolute Gasteiger partial charge is 0.491 e. The van der Waals surface area contributed by atoms with Gasteiger partial charge in [-0.05, 0) is 50.2 Å². The van der Waals surface area contributed by atoms with Gasteiger partial charge in [-0.25, -0.2) is 0 Å². The molecule has 1 aromatic rings. The summed E-state index contributed by atoms with van der Waals surface area (Å²) in [6.07, 6.45) is 2.80. The summed E-state index contributed by atoms with van der Waals surface area (Å²) in [5.41, 5.74) is 7.73. The van der Waals surface area contributed by atoms with Crippen molar-refractivity contribution in [1.29, 1.82) is 0 Å². The highest BCUT2D eigenvalue weighted by Gasteiger charge is 2.13. The quantitative estimate of drug-likeness (QED) is 0.809. The van der Waals surface area contributed by atoms with Crippen LogP contribution in [0.15, 0.2) is 18.2 Å². The van der Waals surface area contributed by atoms with Gasteiger partial charge < -0.3 is 15.8 Å². The van der Waals surface area contributed by atoms with Crippen LogP contribution in [0.25, 0.3) is 0 Å². The number of ether oxygens (including phenoxy) is 1. The Morgan fingerprint density at radius 2 is 2.05 bits per heavy atom. The highest BCUT2D eigenvalue weighted by molar-refractivity contribution is 7.99. The van der Waals surface area contributed by atoms with E-state index in [-0.39, 0.29) is 6.10 Å². The summed E-state index contributed by atoms with van der Waals surface area (Å²) in [6.45, 7) is 5.08. The standard InChI is InChI=1S/C15H24N2OS/c1-11(2)18-15-8-13(16)7-14(9-15)17-10-12-3-5-19-6-4-12/h7-9,11-12,17H,3-6,10,16H2,1-2H3. The minimum Gasteiger partial charge on any atom is -0.491 e. The van der Waals surface area contributed by atoms with Crippen LogP contribution in [0.4, 0.5) is 11.4 Å². The van der Waals surface area contributed by atoms with Gasteiger partial charge in [0.1, 0.15) is 5.75 Å². The van der Waals surface area contributed by atoms with Crippen LogP contribution in [0.2, 0.25) is 0 Å². The van der Waals surface area contributed by atoms with Crippen LogP contribution in [-0.2, 0) is 0 Å². The first-order valence-electron chi connectivity index (χ1n) is 7.02. The van der Waals surface area contributed by atoms with E-state index < -0.39 is 0 Å². The van der Waals surface area contributed by atoms with Crippen LogP contribution in [-0.4, -0.2) is 24.2 Å². The van der Waals surface area contributed by atoms with E-state index >= 15 is 0 Å². The molecule has 2 rings (SSSR count). The van der Waals surface area contributed by atoms with Crippen molar-refractivity contribution in [3.8, 4) is 5.75 Å². The SMILES string of the molecule is CC(C)Oc1cc(N)cc(NCC2CCSCC2)c1. The van der Waals surface area contributed by atoms with E-state index in [0.717, 1.165) is 29.6 Å². The number of nitrogens with two attached hydrogens (primary N) is 1. The van der Waals surface area contributed by atoms with E-state index in [1.165, 1.54) is 24.3 Å². The van der Waals surface area contributed by atoms with Gasteiger partial charge in [-0.1, -0.05) is 0 Å². The highest BCUT2D eigenvalue weighted by Crippen LogP contribution is 2.26. The van der Waals surface area contributed by atoms with Gasteiger partial charge in [0.2, 0.25) is 0 Å². The zero-order valence-corrected chi connectivity index (χ0v) is 12.6. The summed E-state index contributed by atoms with van der Waals surface area (Å²) in [6, 6.07) is 5.89. The van der Waals surface area contributed by atoms with Gasteiger partial charge in [-0.15, -0.1) is 0 Å². The molecule has 0 atom stereocenters. The van der Waals surface area contributed by atoms with Gasteiger partial charge in [0.05, 0.1) is 6.10 Å². The Hall–Kier alpha value is -1.03. The molecule has 1 aromatic carbocycles. The predicted octanol–water partition coefficient (Wildman–Crippen LogP) is 3.61. The van der Waals surface area contributed by atoms with Gasteiger partial charge in [0.25, 0.3) is 0 Å². The maximum Gasteiger partial charge on any atom is 0.123 e. The Morgan fingerprint density at radius 1 is 1.32 bits per heavy atom. The van der Waals surface area contributed by atoms with Gasteiger partial charge >= 0.3 is 0 Å². The molecule has 1 heterocycles. The molecule has 19 heavy (non-hydrogen) atoms. The van der Waals surface area contributed by atoms with Crippen molar-refractivity contribution in [3.05, 3.63) is 18.2 Å². The maximum atomic E-state index is 5.92. The molecule has 0 amide bonds. The van der Waals surface area contributed by atoms with Crippen LogP contribution in [0, 0.1) is 5.92 Å². The fourth-order valence-corrected chi connectivity index (χ4v) is 3.48. The molecule has 4 heteroatoms. The fourth-order valence-electron chi connectivity index (χ4n) is 2.28. The van der Waals surface area contributed by atoms with E-state index in [1.54, 1.807) is 0 Å². The Morgan fingerprint density at radius 3 is 2.74 bits per heavy atom. The van der Waals surface area contributed by atoms with Crippen molar-refractivity contribution >= 4 is 23.1 Å². The molecule has 1 aliphatic heterocycles. The lowest BCUT2D eigenvalue weighted by atomic mass is 10.0. The van der Waals surface area contributed by atoms with Crippen molar-refractivity contribution in [3.63, 3.8) is 0 Å². The summed E-state index contributed by atoms with van der Waals surface area (Å²) in [5, 5.41) is 3.50. The van der Waals surface area contributed by atoms with Crippen molar-refractivity contribution in [2.75, 3.05) is 29.1 Å². The van der Waals surface area contributed by atoms with E-state index in [2.05, 4.69) is 17.1 Å². The number of anilines is 2. The Bertz CT molecular complexity index is 403. The number of rotatable bonds is 5. The van der Waals surface area contributed by atoms with E-state index in [9.17, 15) is 0 Å². The van der Waals surface area contributed by atoms with Crippen molar-refractivity contribution < 1.29 is 4.74 Å². The second-order valence-electron chi connectivity index (χ2n) is 5.39. The summed E-state index contributed by atoms with van der Waals surface area (Å²) in [4.78, 5) is 0. The summed E-state index contributed by atoms with van der Waals surface area (Å²) >= 11 is 2.06. The summed E-state index contributed by atoms with van der Waals surface area (Å²) in [5.74, 6) is 4.23. The van der Waals surface area contributed by atoms with Crippen molar-refractivity contribution in [2.24, 2.45) is 5.92 Å². The first-order valence-corrected chi connectivity index (χ1v) is 8.18. The number of hydrogen-bond donors (Lipinski definition) is 2. The highest BCUT2D eigenvalue weighted by atomic mass is 32.2. The zero-order valence-electron chi connectivity index (χ0n) is 11.8. The third-order valence-electron chi connectivity index (χ3n) is 3.24. The fraction of sp³-hybridized carbons (Fsp3) is 0.600. The summed E-state index contributed by atoms with van der Waals surface area (Å²) < 4.78 is 5.70. The number of hydrogen-bond acceptors (Lipinski definition) is 4. The third kappa shape index (κ3) is 4.86. The predicted molar refractivity (Wildman–Crippen MR) is 85.2 cm³/mol. The molecule has 0 spiro atoms. The van der Waals surface area contributed by atoms with Gasteiger partial charge in [-0.2, -0.15) is 11.8 Å². The molecular formula is C15H24N2OS. The topological polar surface area (TPSA) is 47.3 Å². The molecule has 1 saturated heterocycles. The molecule has 0 saturated carbocycles. The number of nitrogens with one attached hydrogen (secondary N) is 1. The second-order valence-corrected chi connectivity index (χ2v) is 6.62. The molecule has 0 bridgehead atoms. The van der Waals surface area contributed by atoms with Crippen LogP contribution >= 0.6 is 11.8 Å². The summed E-state index contributed by atoms with van der Waals surface area (Å²) in [7, 11) is 0. The van der Waals surface area contributed by atoms with Gasteiger partial charge in [0, 0.05) is 30.1 Å². The van der Waals surface area contributed by atoms with E-state index in [4.69, 9.17) is 10.5 Å². The lowest BCUT2D eigenvalue weighted by molar-refractivity contribution is 0.242. The first kappa shape index (κ1) is 14.4. The number of thioether (sulfide) groups is 1. The van der Waals surface area contributed by atoms with Crippen LogP contribution < -0.4 is 15.8 Å². The molecule has 0 aromatic heterocycles. The molecule has 0 radical (unpaired) electrons. The monoisotopic (exact) mass is 280 g/mol. The third-order valence-corrected chi connectivity index (χ3v) is 4.29. The first-order chi connectivity index (χ1) is 9.13. The molecule has 0 unspecified atom stereocenters. The van der Waals surface area contributed by atoms with Crippen LogP contribution in [0.1, 0.15) is 26.7 Å².